The number of hydrogen-bond donors (Lipinski definition) is 1. The third kappa shape index (κ3) is 2.71. The molecular formula is C15H17NO. The summed E-state index contributed by atoms with van der Waals surface area (Å²) < 4.78 is 0. The fourth-order valence-electron chi connectivity index (χ4n) is 1.77. The first-order chi connectivity index (χ1) is 8.20. The number of aromatic nitrogens is 1. The third-order valence-corrected chi connectivity index (χ3v) is 2.95. The number of rotatable bonds is 3. The minimum absolute atomic E-state index is 0.589. The van der Waals surface area contributed by atoms with Gasteiger partial charge in [-0.05, 0) is 30.5 Å². The van der Waals surface area contributed by atoms with E-state index in [1.54, 1.807) is 6.20 Å². The molecular weight excluding hydrogens is 210 g/mol. The summed E-state index contributed by atoms with van der Waals surface area (Å²) in [6.45, 7) is 4.06. The minimum Gasteiger partial charge on any atom is -0.384 e. The first kappa shape index (κ1) is 11.8. The zero-order chi connectivity index (χ0) is 12.3. The Morgan fingerprint density at radius 2 is 1.71 bits per heavy atom. The molecule has 88 valence electrons. The van der Waals surface area contributed by atoms with Crippen LogP contribution >= 0.6 is 0 Å². The molecule has 2 heteroatoms. The lowest BCUT2D eigenvalue weighted by Gasteiger charge is -2.11. The summed E-state index contributed by atoms with van der Waals surface area (Å²) in [6.07, 6.45) is 2.16. The third-order valence-electron chi connectivity index (χ3n) is 2.95. The molecule has 0 spiro atoms. The Labute approximate surface area is 102 Å². The Morgan fingerprint density at radius 3 is 2.24 bits per heavy atom. The largest absolute Gasteiger partial charge is 0.384 e. The Hall–Kier alpha value is -1.67. The van der Waals surface area contributed by atoms with Crippen molar-refractivity contribution in [3.8, 4) is 0 Å². The molecule has 0 fully saturated rings. The van der Waals surface area contributed by atoms with Crippen LogP contribution in [0.3, 0.4) is 0 Å². The van der Waals surface area contributed by atoms with Crippen LogP contribution in [0.5, 0.6) is 0 Å². The van der Waals surface area contributed by atoms with Gasteiger partial charge in [-0.15, -0.1) is 0 Å². The zero-order valence-electron chi connectivity index (χ0n) is 10.2. The Balaban J connectivity index is 2.23. The van der Waals surface area contributed by atoms with E-state index in [1.807, 2.05) is 31.2 Å². The van der Waals surface area contributed by atoms with Gasteiger partial charge >= 0.3 is 0 Å². The normalized spacial score (nSPS) is 12.4. The van der Waals surface area contributed by atoms with Gasteiger partial charge in [-0.2, -0.15) is 0 Å². The van der Waals surface area contributed by atoms with E-state index in [9.17, 15) is 5.11 Å². The predicted octanol–water partition coefficient (Wildman–Crippen LogP) is 3.03. The van der Waals surface area contributed by atoms with Crippen molar-refractivity contribution >= 4 is 0 Å². The van der Waals surface area contributed by atoms with Gasteiger partial charge in [0.1, 0.15) is 6.10 Å². The van der Waals surface area contributed by atoms with Crippen LogP contribution in [0.4, 0.5) is 0 Å². The van der Waals surface area contributed by atoms with Crippen molar-refractivity contribution in [2.75, 3.05) is 0 Å². The average molecular weight is 227 g/mol. The highest BCUT2D eigenvalue weighted by molar-refractivity contribution is 5.31. The van der Waals surface area contributed by atoms with Crippen LogP contribution in [0.15, 0.2) is 42.6 Å². The van der Waals surface area contributed by atoms with Crippen molar-refractivity contribution < 1.29 is 5.11 Å². The van der Waals surface area contributed by atoms with E-state index in [0.717, 1.165) is 23.2 Å². The van der Waals surface area contributed by atoms with Crippen molar-refractivity contribution in [2.45, 2.75) is 26.4 Å². The van der Waals surface area contributed by atoms with Crippen LogP contribution in [0, 0.1) is 6.92 Å². The number of aryl methyl sites for hydroxylation is 2. The van der Waals surface area contributed by atoms with Crippen LogP contribution in [0.25, 0.3) is 0 Å². The predicted molar refractivity (Wildman–Crippen MR) is 68.9 cm³/mol. The molecule has 2 nitrogen and oxygen atoms in total. The van der Waals surface area contributed by atoms with Crippen molar-refractivity contribution in [3.63, 3.8) is 0 Å². The standard InChI is InChI=1S/C15H17NO/c1-3-12-5-8-13(9-6-12)15(17)14-7-4-11(2)16-10-14/h4-10,15,17H,3H2,1-2H3. The monoisotopic (exact) mass is 227 g/mol. The maximum Gasteiger partial charge on any atom is 0.106 e. The molecule has 17 heavy (non-hydrogen) atoms. The van der Waals surface area contributed by atoms with E-state index >= 15 is 0 Å². The van der Waals surface area contributed by atoms with E-state index in [-0.39, 0.29) is 0 Å². The topological polar surface area (TPSA) is 33.1 Å². The van der Waals surface area contributed by atoms with Crippen LogP contribution in [0.1, 0.15) is 35.4 Å². The quantitative estimate of drug-likeness (QED) is 0.874. The van der Waals surface area contributed by atoms with Gasteiger partial charge in [0, 0.05) is 17.5 Å². The first-order valence-corrected chi connectivity index (χ1v) is 5.90. The number of nitrogens with zero attached hydrogens (tertiary/aromatic N) is 1. The lowest BCUT2D eigenvalue weighted by atomic mass is 10.0. The molecule has 0 aliphatic heterocycles. The number of pyridine rings is 1. The second-order valence-electron chi connectivity index (χ2n) is 4.23. The summed E-state index contributed by atoms with van der Waals surface area (Å²) in [7, 11) is 0. The highest BCUT2D eigenvalue weighted by atomic mass is 16.3. The van der Waals surface area contributed by atoms with Gasteiger partial charge in [0.2, 0.25) is 0 Å². The molecule has 0 saturated carbocycles. The van der Waals surface area contributed by atoms with Crippen LogP contribution in [0.2, 0.25) is 0 Å². The maximum absolute atomic E-state index is 10.2. The van der Waals surface area contributed by atoms with Gasteiger partial charge in [0.15, 0.2) is 0 Å². The molecule has 1 aromatic carbocycles. The van der Waals surface area contributed by atoms with Crippen molar-refractivity contribution in [1.29, 1.82) is 0 Å². The van der Waals surface area contributed by atoms with Crippen molar-refractivity contribution in [2.24, 2.45) is 0 Å². The molecule has 0 amide bonds. The SMILES string of the molecule is CCc1ccc(C(O)c2ccc(C)nc2)cc1. The fraction of sp³-hybridized carbons (Fsp3) is 0.267. The smallest absolute Gasteiger partial charge is 0.106 e. The molecule has 0 radical (unpaired) electrons. The minimum atomic E-state index is -0.589. The maximum atomic E-state index is 10.2. The Bertz CT molecular complexity index is 473. The lowest BCUT2D eigenvalue weighted by Crippen LogP contribution is -2.00. The molecule has 2 aromatic rings. The second kappa shape index (κ2) is 5.11. The van der Waals surface area contributed by atoms with Gasteiger partial charge in [0.25, 0.3) is 0 Å². The number of hydrogen-bond acceptors (Lipinski definition) is 2. The molecule has 1 N–H and O–H groups in total. The van der Waals surface area contributed by atoms with Gasteiger partial charge in [-0.25, -0.2) is 0 Å². The molecule has 1 atom stereocenters. The van der Waals surface area contributed by atoms with Gasteiger partial charge in [-0.3, -0.25) is 4.98 Å². The molecule has 1 heterocycles. The second-order valence-corrected chi connectivity index (χ2v) is 4.23. The molecule has 1 aromatic heterocycles. The summed E-state index contributed by atoms with van der Waals surface area (Å²) in [5.74, 6) is 0. The van der Waals surface area contributed by atoms with E-state index in [4.69, 9.17) is 0 Å². The summed E-state index contributed by atoms with van der Waals surface area (Å²) in [4.78, 5) is 4.20. The lowest BCUT2D eigenvalue weighted by molar-refractivity contribution is 0.220. The number of aliphatic hydroxyl groups is 1. The van der Waals surface area contributed by atoms with Gasteiger partial charge in [-0.1, -0.05) is 37.3 Å². The Morgan fingerprint density at radius 1 is 1.06 bits per heavy atom. The molecule has 0 aliphatic carbocycles. The van der Waals surface area contributed by atoms with E-state index < -0.39 is 6.10 Å². The molecule has 0 saturated heterocycles. The first-order valence-electron chi connectivity index (χ1n) is 5.90. The van der Waals surface area contributed by atoms with Gasteiger partial charge < -0.3 is 5.11 Å². The van der Waals surface area contributed by atoms with E-state index in [0.29, 0.717) is 0 Å². The summed E-state index contributed by atoms with van der Waals surface area (Å²) in [5.41, 5.74) is 3.98. The van der Waals surface area contributed by atoms with Crippen molar-refractivity contribution in [3.05, 3.63) is 65.0 Å². The Kier molecular flexibility index (Phi) is 3.55. The van der Waals surface area contributed by atoms with Crippen LogP contribution in [-0.2, 0) is 6.42 Å². The fourth-order valence-corrected chi connectivity index (χ4v) is 1.77. The highest BCUT2D eigenvalue weighted by Gasteiger charge is 2.10. The summed E-state index contributed by atoms with van der Waals surface area (Å²) in [5, 5.41) is 10.2. The van der Waals surface area contributed by atoms with Crippen LogP contribution in [-0.4, -0.2) is 10.1 Å². The molecule has 0 bridgehead atoms. The number of benzene rings is 1. The highest BCUT2D eigenvalue weighted by Crippen LogP contribution is 2.21. The average Bonchev–Trinajstić information content (AvgIpc) is 2.39. The van der Waals surface area contributed by atoms with Crippen LogP contribution < -0.4 is 0 Å². The molecule has 2 rings (SSSR count). The van der Waals surface area contributed by atoms with E-state index in [2.05, 4.69) is 24.0 Å². The molecule has 1 unspecified atom stereocenters. The summed E-state index contributed by atoms with van der Waals surface area (Å²) >= 11 is 0. The van der Waals surface area contributed by atoms with Gasteiger partial charge in [0.05, 0.1) is 0 Å². The zero-order valence-corrected chi connectivity index (χ0v) is 10.2. The van der Waals surface area contributed by atoms with E-state index in [1.165, 1.54) is 5.56 Å². The molecule has 0 aliphatic rings. The summed E-state index contributed by atoms with van der Waals surface area (Å²) in [6, 6.07) is 11.9. The van der Waals surface area contributed by atoms with Crippen molar-refractivity contribution in [1.82, 2.24) is 4.98 Å². The number of aliphatic hydroxyl groups excluding tert-OH is 1.